The van der Waals surface area contributed by atoms with Gasteiger partial charge in [-0.25, -0.2) is 12.7 Å². The predicted molar refractivity (Wildman–Crippen MR) is 75.3 cm³/mol. The van der Waals surface area contributed by atoms with Crippen LogP contribution in [0.2, 0.25) is 0 Å². The molecule has 0 saturated carbocycles. The normalized spacial score (nSPS) is 19.2. The number of hydrogen-bond donors (Lipinski definition) is 1. The highest BCUT2D eigenvalue weighted by Crippen LogP contribution is 2.17. The van der Waals surface area contributed by atoms with Crippen molar-refractivity contribution in [1.82, 2.24) is 9.62 Å². The average Bonchev–Trinajstić information content (AvgIpc) is 2.72. The summed E-state index contributed by atoms with van der Waals surface area (Å²) in [6.45, 7) is 4.28. The van der Waals surface area contributed by atoms with Crippen LogP contribution in [-0.2, 0) is 16.6 Å². The van der Waals surface area contributed by atoms with Crippen LogP contribution in [0.5, 0.6) is 0 Å². The topological polar surface area (TPSA) is 49.4 Å². The lowest BCUT2D eigenvalue weighted by molar-refractivity contribution is 0.290. The van der Waals surface area contributed by atoms with Crippen molar-refractivity contribution < 1.29 is 8.42 Å². The molecule has 1 aliphatic heterocycles. The van der Waals surface area contributed by atoms with Crippen LogP contribution in [0, 0.1) is 6.92 Å². The molecule has 6 heteroatoms. The summed E-state index contributed by atoms with van der Waals surface area (Å²) in [5.41, 5.74) is 0. The Morgan fingerprint density at radius 3 is 2.56 bits per heavy atom. The highest BCUT2D eigenvalue weighted by atomic mass is 32.2. The SMILES string of the molecule is Cc1ccc(CNC2CCN(S(C)(=O)=O)CC2)s1. The molecule has 1 saturated heterocycles. The fourth-order valence-electron chi connectivity index (χ4n) is 2.22. The van der Waals surface area contributed by atoms with E-state index < -0.39 is 10.0 Å². The monoisotopic (exact) mass is 288 g/mol. The van der Waals surface area contributed by atoms with Crippen molar-refractivity contribution in [3.05, 3.63) is 21.9 Å². The Labute approximate surface area is 113 Å². The Hall–Kier alpha value is -0.430. The maximum atomic E-state index is 11.4. The Morgan fingerprint density at radius 2 is 2.06 bits per heavy atom. The van der Waals surface area contributed by atoms with Gasteiger partial charge in [-0.15, -0.1) is 11.3 Å². The Bertz CT molecular complexity index is 488. The van der Waals surface area contributed by atoms with Gasteiger partial charge in [0.05, 0.1) is 6.26 Å². The van der Waals surface area contributed by atoms with Crippen LogP contribution in [0.25, 0.3) is 0 Å². The largest absolute Gasteiger partial charge is 0.309 e. The third-order valence-corrected chi connectivity index (χ3v) is 5.59. The van der Waals surface area contributed by atoms with E-state index in [0.29, 0.717) is 19.1 Å². The fraction of sp³-hybridized carbons (Fsp3) is 0.667. The van der Waals surface area contributed by atoms with Crippen molar-refractivity contribution in [2.24, 2.45) is 0 Å². The van der Waals surface area contributed by atoms with E-state index >= 15 is 0 Å². The predicted octanol–water partition coefficient (Wildman–Crippen LogP) is 1.57. The molecular formula is C12H20N2O2S2. The number of piperidine rings is 1. The van der Waals surface area contributed by atoms with Crippen LogP contribution < -0.4 is 5.32 Å². The van der Waals surface area contributed by atoms with Crippen LogP contribution in [0.15, 0.2) is 12.1 Å². The van der Waals surface area contributed by atoms with Crippen LogP contribution in [0.4, 0.5) is 0 Å². The number of rotatable bonds is 4. The molecule has 0 atom stereocenters. The fourth-order valence-corrected chi connectivity index (χ4v) is 3.93. The van der Waals surface area contributed by atoms with Crippen molar-refractivity contribution in [2.45, 2.75) is 32.4 Å². The molecular weight excluding hydrogens is 268 g/mol. The second-order valence-electron chi connectivity index (χ2n) is 4.83. The van der Waals surface area contributed by atoms with Crippen molar-refractivity contribution in [1.29, 1.82) is 0 Å². The van der Waals surface area contributed by atoms with Crippen LogP contribution >= 0.6 is 11.3 Å². The van der Waals surface area contributed by atoms with Gasteiger partial charge in [0.1, 0.15) is 0 Å². The molecule has 1 aromatic rings. The molecule has 0 spiro atoms. The van der Waals surface area contributed by atoms with E-state index in [1.807, 2.05) is 11.3 Å². The van der Waals surface area contributed by atoms with Gasteiger partial charge in [-0.05, 0) is 31.9 Å². The van der Waals surface area contributed by atoms with E-state index in [-0.39, 0.29) is 0 Å². The first-order valence-corrected chi connectivity index (χ1v) is 8.85. The van der Waals surface area contributed by atoms with Crippen molar-refractivity contribution in [3.63, 3.8) is 0 Å². The number of nitrogens with zero attached hydrogens (tertiary/aromatic N) is 1. The smallest absolute Gasteiger partial charge is 0.211 e. The van der Waals surface area contributed by atoms with Crippen LogP contribution in [-0.4, -0.2) is 38.1 Å². The molecule has 0 aromatic carbocycles. The van der Waals surface area contributed by atoms with Gasteiger partial charge in [0.2, 0.25) is 10.0 Å². The number of hydrogen-bond acceptors (Lipinski definition) is 4. The van der Waals surface area contributed by atoms with Crippen LogP contribution in [0.3, 0.4) is 0 Å². The Balaban J connectivity index is 1.77. The third-order valence-electron chi connectivity index (χ3n) is 3.28. The summed E-state index contributed by atoms with van der Waals surface area (Å²) >= 11 is 1.81. The molecule has 18 heavy (non-hydrogen) atoms. The molecule has 1 N–H and O–H groups in total. The number of sulfonamides is 1. The zero-order valence-electron chi connectivity index (χ0n) is 10.8. The van der Waals surface area contributed by atoms with E-state index in [1.165, 1.54) is 16.0 Å². The number of nitrogens with one attached hydrogen (secondary N) is 1. The summed E-state index contributed by atoms with van der Waals surface area (Å²) in [6, 6.07) is 4.72. The lowest BCUT2D eigenvalue weighted by Gasteiger charge is -2.30. The van der Waals surface area contributed by atoms with E-state index in [2.05, 4.69) is 24.4 Å². The lowest BCUT2D eigenvalue weighted by Crippen LogP contribution is -2.44. The molecule has 1 aliphatic rings. The molecule has 0 amide bonds. The van der Waals surface area contributed by atoms with E-state index in [0.717, 1.165) is 19.4 Å². The Morgan fingerprint density at radius 1 is 1.39 bits per heavy atom. The standard InChI is InChI=1S/C12H20N2O2S2/c1-10-3-4-12(17-10)9-13-11-5-7-14(8-6-11)18(2,15)16/h3-4,11,13H,5-9H2,1-2H3. The maximum Gasteiger partial charge on any atom is 0.211 e. The third kappa shape index (κ3) is 3.78. The minimum absolute atomic E-state index is 0.436. The van der Waals surface area contributed by atoms with Crippen molar-refractivity contribution in [2.75, 3.05) is 19.3 Å². The molecule has 0 radical (unpaired) electrons. The van der Waals surface area contributed by atoms with Gasteiger partial charge in [-0.2, -0.15) is 0 Å². The summed E-state index contributed by atoms with van der Waals surface area (Å²) in [5, 5.41) is 3.51. The van der Waals surface area contributed by atoms with E-state index in [9.17, 15) is 8.42 Å². The molecule has 102 valence electrons. The maximum absolute atomic E-state index is 11.4. The zero-order valence-corrected chi connectivity index (χ0v) is 12.5. The highest BCUT2D eigenvalue weighted by molar-refractivity contribution is 7.88. The molecule has 1 aromatic heterocycles. The van der Waals surface area contributed by atoms with Gasteiger partial charge in [0.25, 0.3) is 0 Å². The molecule has 1 fully saturated rings. The number of aryl methyl sites for hydroxylation is 1. The minimum atomic E-state index is -3.01. The summed E-state index contributed by atoms with van der Waals surface area (Å²) in [6.07, 6.45) is 3.09. The average molecular weight is 288 g/mol. The summed E-state index contributed by atoms with van der Waals surface area (Å²) in [5.74, 6) is 0. The summed E-state index contributed by atoms with van der Waals surface area (Å²) in [4.78, 5) is 2.68. The summed E-state index contributed by atoms with van der Waals surface area (Å²) in [7, 11) is -3.01. The molecule has 0 aliphatic carbocycles. The molecule has 0 unspecified atom stereocenters. The first-order valence-electron chi connectivity index (χ1n) is 6.19. The summed E-state index contributed by atoms with van der Waals surface area (Å²) < 4.78 is 24.3. The zero-order chi connectivity index (χ0) is 13.2. The van der Waals surface area contributed by atoms with Gasteiger partial charge in [0.15, 0.2) is 0 Å². The molecule has 2 heterocycles. The minimum Gasteiger partial charge on any atom is -0.309 e. The molecule has 4 nitrogen and oxygen atoms in total. The van der Waals surface area contributed by atoms with Gasteiger partial charge in [-0.1, -0.05) is 0 Å². The second kappa shape index (κ2) is 5.69. The first kappa shape index (κ1) is 14.0. The van der Waals surface area contributed by atoms with Crippen molar-refractivity contribution >= 4 is 21.4 Å². The van der Waals surface area contributed by atoms with E-state index in [4.69, 9.17) is 0 Å². The quantitative estimate of drug-likeness (QED) is 0.915. The second-order valence-corrected chi connectivity index (χ2v) is 8.18. The molecule has 0 bridgehead atoms. The van der Waals surface area contributed by atoms with Gasteiger partial charge < -0.3 is 5.32 Å². The Kier molecular flexibility index (Phi) is 4.42. The lowest BCUT2D eigenvalue weighted by atomic mass is 10.1. The van der Waals surface area contributed by atoms with Crippen molar-refractivity contribution in [3.8, 4) is 0 Å². The van der Waals surface area contributed by atoms with Gasteiger partial charge >= 0.3 is 0 Å². The van der Waals surface area contributed by atoms with Gasteiger partial charge in [0, 0.05) is 35.4 Å². The molecule has 2 rings (SSSR count). The van der Waals surface area contributed by atoms with Gasteiger partial charge in [-0.3, -0.25) is 0 Å². The van der Waals surface area contributed by atoms with E-state index in [1.54, 1.807) is 4.31 Å². The highest BCUT2D eigenvalue weighted by Gasteiger charge is 2.24. The first-order chi connectivity index (χ1) is 8.45. The number of thiophene rings is 1. The van der Waals surface area contributed by atoms with Crippen LogP contribution in [0.1, 0.15) is 22.6 Å².